The van der Waals surface area contributed by atoms with Gasteiger partial charge in [0.2, 0.25) is 5.43 Å². The van der Waals surface area contributed by atoms with Gasteiger partial charge in [0.25, 0.3) is 0 Å². The van der Waals surface area contributed by atoms with Gasteiger partial charge in [-0.15, -0.1) is 0 Å². The van der Waals surface area contributed by atoms with Gasteiger partial charge in [-0.1, -0.05) is 35.9 Å². The highest BCUT2D eigenvalue weighted by Crippen LogP contribution is 2.23. The van der Waals surface area contributed by atoms with Crippen molar-refractivity contribution >= 4 is 11.6 Å². The molecule has 0 saturated carbocycles. The van der Waals surface area contributed by atoms with Crippen molar-refractivity contribution in [3.63, 3.8) is 0 Å². The van der Waals surface area contributed by atoms with Gasteiger partial charge in [0.15, 0.2) is 11.6 Å². The second kappa shape index (κ2) is 10.3. The van der Waals surface area contributed by atoms with E-state index in [1.165, 1.54) is 18.3 Å². The molecule has 4 aromatic rings. The molecule has 0 saturated heterocycles. The van der Waals surface area contributed by atoms with Crippen LogP contribution in [0.25, 0.3) is 22.5 Å². The van der Waals surface area contributed by atoms with E-state index in [0.717, 1.165) is 11.1 Å². The molecule has 4 rings (SSSR count). The summed E-state index contributed by atoms with van der Waals surface area (Å²) in [5, 5.41) is 6.88. The molecule has 7 nitrogen and oxygen atoms in total. The van der Waals surface area contributed by atoms with Crippen LogP contribution >= 0.6 is 11.6 Å². The first-order valence-corrected chi connectivity index (χ1v) is 10.5. The SMILES string of the molecule is COCCOc1cnc(-c2cccc(Cc3n[nH]cc(-c4ccc(Cl)c(F)c4)c3=O)c2)nc1. The Kier molecular flexibility index (Phi) is 7.07. The first-order chi connectivity index (χ1) is 16.0. The number of aromatic nitrogens is 4. The monoisotopic (exact) mass is 466 g/mol. The van der Waals surface area contributed by atoms with Crippen molar-refractivity contribution in [1.29, 1.82) is 0 Å². The molecule has 0 fully saturated rings. The highest BCUT2D eigenvalue weighted by atomic mass is 35.5. The van der Waals surface area contributed by atoms with E-state index in [4.69, 9.17) is 21.1 Å². The highest BCUT2D eigenvalue weighted by molar-refractivity contribution is 6.30. The number of ether oxygens (including phenoxy) is 2. The number of aromatic amines is 1. The molecule has 0 amide bonds. The predicted octanol–water partition coefficient (Wildman–Crippen LogP) is 4.30. The van der Waals surface area contributed by atoms with Crippen LogP contribution in [0.4, 0.5) is 4.39 Å². The van der Waals surface area contributed by atoms with Crippen LogP contribution in [0.3, 0.4) is 0 Å². The van der Waals surface area contributed by atoms with Gasteiger partial charge in [0, 0.05) is 30.9 Å². The molecule has 0 aliphatic heterocycles. The molecule has 1 N–H and O–H groups in total. The second-order valence-electron chi connectivity index (χ2n) is 7.16. The third-order valence-corrected chi connectivity index (χ3v) is 5.19. The van der Waals surface area contributed by atoms with E-state index in [0.29, 0.717) is 41.6 Å². The standard InChI is InChI=1S/C24H20ClFN4O3/c1-32-7-8-33-18-12-27-24(28-13-18)17-4-2-3-15(9-17)10-22-23(31)19(14-29-30-22)16-5-6-20(25)21(26)11-16/h2-6,9,11-14H,7-8,10H2,1H3,(H,29,31). The van der Waals surface area contributed by atoms with Crippen LogP contribution in [0.2, 0.25) is 5.02 Å². The molecule has 2 heterocycles. The van der Waals surface area contributed by atoms with Gasteiger partial charge < -0.3 is 9.47 Å². The molecule has 0 unspecified atom stereocenters. The molecule has 0 spiro atoms. The summed E-state index contributed by atoms with van der Waals surface area (Å²) in [5.74, 6) is 0.496. The normalized spacial score (nSPS) is 10.9. The lowest BCUT2D eigenvalue weighted by Crippen LogP contribution is -2.15. The topological polar surface area (TPSA) is 90.0 Å². The fourth-order valence-corrected chi connectivity index (χ4v) is 3.36. The number of H-pyrrole nitrogens is 1. The third-order valence-electron chi connectivity index (χ3n) is 4.89. The first-order valence-electron chi connectivity index (χ1n) is 10.1. The van der Waals surface area contributed by atoms with Crippen LogP contribution < -0.4 is 10.2 Å². The molecule has 9 heteroatoms. The Labute approximate surface area is 194 Å². The van der Waals surface area contributed by atoms with E-state index in [-0.39, 0.29) is 16.9 Å². The van der Waals surface area contributed by atoms with Gasteiger partial charge in [0.1, 0.15) is 18.1 Å². The van der Waals surface area contributed by atoms with Crippen LogP contribution in [-0.4, -0.2) is 40.5 Å². The van der Waals surface area contributed by atoms with E-state index in [1.54, 1.807) is 25.6 Å². The molecule has 0 atom stereocenters. The Morgan fingerprint density at radius 1 is 1.06 bits per heavy atom. The minimum absolute atomic E-state index is 0.00179. The van der Waals surface area contributed by atoms with Gasteiger partial charge in [-0.05, 0) is 29.3 Å². The maximum atomic E-state index is 13.9. The summed E-state index contributed by atoms with van der Waals surface area (Å²) in [4.78, 5) is 21.7. The largest absolute Gasteiger partial charge is 0.488 e. The van der Waals surface area contributed by atoms with Gasteiger partial charge in [-0.25, -0.2) is 14.4 Å². The van der Waals surface area contributed by atoms with Crippen molar-refractivity contribution in [2.75, 3.05) is 20.3 Å². The fourth-order valence-electron chi connectivity index (χ4n) is 3.24. The fraction of sp³-hybridized carbons (Fsp3) is 0.167. The third kappa shape index (κ3) is 5.42. The molecular formula is C24H20ClFN4O3. The zero-order valence-electron chi connectivity index (χ0n) is 17.7. The number of rotatable bonds is 8. The number of nitrogens with zero attached hydrogens (tertiary/aromatic N) is 3. The molecular weight excluding hydrogens is 447 g/mol. The van der Waals surface area contributed by atoms with Gasteiger partial charge in [0.05, 0.1) is 24.0 Å². The van der Waals surface area contributed by atoms with Crippen LogP contribution in [0.5, 0.6) is 5.75 Å². The van der Waals surface area contributed by atoms with E-state index < -0.39 is 5.82 Å². The average molecular weight is 467 g/mol. The van der Waals surface area contributed by atoms with Crippen molar-refractivity contribution in [2.45, 2.75) is 6.42 Å². The van der Waals surface area contributed by atoms with E-state index in [1.807, 2.05) is 24.3 Å². The predicted molar refractivity (Wildman–Crippen MR) is 123 cm³/mol. The molecule has 2 aromatic carbocycles. The lowest BCUT2D eigenvalue weighted by molar-refractivity contribution is 0.146. The molecule has 168 valence electrons. The maximum Gasteiger partial charge on any atom is 0.211 e. The number of methoxy groups -OCH3 is 1. The zero-order chi connectivity index (χ0) is 23.2. The Hall–Kier alpha value is -3.62. The van der Waals surface area contributed by atoms with Gasteiger partial charge in [-0.3, -0.25) is 9.89 Å². The Morgan fingerprint density at radius 2 is 1.88 bits per heavy atom. The van der Waals surface area contributed by atoms with Crippen LogP contribution in [0.15, 0.2) is 65.8 Å². The molecule has 0 bridgehead atoms. The number of hydrogen-bond donors (Lipinski definition) is 1. The summed E-state index contributed by atoms with van der Waals surface area (Å²) in [6, 6.07) is 11.8. The van der Waals surface area contributed by atoms with Crippen LogP contribution in [-0.2, 0) is 11.2 Å². The molecule has 33 heavy (non-hydrogen) atoms. The van der Waals surface area contributed by atoms with Crippen molar-refractivity contribution in [2.24, 2.45) is 0 Å². The van der Waals surface area contributed by atoms with Crippen LogP contribution in [0.1, 0.15) is 11.3 Å². The second-order valence-corrected chi connectivity index (χ2v) is 7.57. The number of nitrogens with one attached hydrogen (secondary N) is 1. The molecule has 0 radical (unpaired) electrons. The summed E-state index contributed by atoms with van der Waals surface area (Å²) < 4.78 is 24.3. The Bertz CT molecular complexity index is 1310. The summed E-state index contributed by atoms with van der Waals surface area (Å²) in [7, 11) is 1.60. The first kappa shape index (κ1) is 22.6. The molecule has 0 aliphatic rings. The minimum Gasteiger partial charge on any atom is -0.488 e. The van der Waals surface area contributed by atoms with E-state index >= 15 is 0 Å². The van der Waals surface area contributed by atoms with Crippen molar-refractivity contribution in [3.05, 3.63) is 93.4 Å². The van der Waals surface area contributed by atoms with E-state index in [9.17, 15) is 9.18 Å². The van der Waals surface area contributed by atoms with Crippen LogP contribution in [0, 0.1) is 5.82 Å². The summed E-state index contributed by atoms with van der Waals surface area (Å²) in [5.41, 5.74) is 2.42. The van der Waals surface area contributed by atoms with E-state index in [2.05, 4.69) is 20.2 Å². The Morgan fingerprint density at radius 3 is 2.64 bits per heavy atom. The zero-order valence-corrected chi connectivity index (χ0v) is 18.5. The lowest BCUT2D eigenvalue weighted by atomic mass is 10.0. The summed E-state index contributed by atoms with van der Waals surface area (Å²) in [6.07, 6.45) is 4.94. The summed E-state index contributed by atoms with van der Waals surface area (Å²) >= 11 is 5.75. The minimum atomic E-state index is -0.588. The summed E-state index contributed by atoms with van der Waals surface area (Å²) in [6.45, 7) is 0.892. The average Bonchev–Trinajstić information content (AvgIpc) is 2.83. The van der Waals surface area contributed by atoms with Crippen molar-refractivity contribution in [3.8, 4) is 28.3 Å². The highest BCUT2D eigenvalue weighted by Gasteiger charge is 2.12. The number of hydrogen-bond acceptors (Lipinski definition) is 6. The Balaban J connectivity index is 1.55. The van der Waals surface area contributed by atoms with Crippen molar-refractivity contribution in [1.82, 2.24) is 20.2 Å². The maximum absolute atomic E-state index is 13.9. The van der Waals surface area contributed by atoms with Gasteiger partial charge in [-0.2, -0.15) is 5.10 Å². The molecule has 2 aromatic heterocycles. The smallest absolute Gasteiger partial charge is 0.211 e. The van der Waals surface area contributed by atoms with Gasteiger partial charge >= 0.3 is 0 Å². The molecule has 0 aliphatic carbocycles. The van der Waals surface area contributed by atoms with Crippen molar-refractivity contribution < 1.29 is 13.9 Å². The quantitative estimate of drug-likeness (QED) is 0.389. The number of benzene rings is 2. The lowest BCUT2D eigenvalue weighted by Gasteiger charge is -2.07. The number of halogens is 2.